The van der Waals surface area contributed by atoms with E-state index in [-0.39, 0.29) is 6.04 Å². The van der Waals surface area contributed by atoms with Gasteiger partial charge in [-0.05, 0) is 23.6 Å². The number of ether oxygens (including phenoxy) is 3. The SMILES string of the molecule is COCCN(CC(C)C)CC(N)c1ccc2c(c1)OCO2. The van der Waals surface area contributed by atoms with Crippen LogP contribution < -0.4 is 15.2 Å². The molecule has 5 heteroatoms. The number of methoxy groups -OCH3 is 1. The number of nitrogens with two attached hydrogens (primary N) is 1. The Morgan fingerprint density at radius 3 is 2.71 bits per heavy atom. The molecule has 0 amide bonds. The van der Waals surface area contributed by atoms with Gasteiger partial charge in [-0.1, -0.05) is 19.9 Å². The minimum Gasteiger partial charge on any atom is -0.454 e. The highest BCUT2D eigenvalue weighted by molar-refractivity contribution is 5.45. The minimum atomic E-state index is -0.0462. The second-order valence-corrected chi connectivity index (χ2v) is 5.87. The highest BCUT2D eigenvalue weighted by Gasteiger charge is 2.18. The molecule has 0 aliphatic carbocycles. The van der Waals surface area contributed by atoms with Crippen molar-refractivity contribution >= 4 is 0 Å². The normalized spacial score (nSPS) is 15.0. The van der Waals surface area contributed by atoms with Crippen molar-refractivity contribution in [3.05, 3.63) is 23.8 Å². The van der Waals surface area contributed by atoms with Gasteiger partial charge in [0.1, 0.15) is 0 Å². The molecule has 21 heavy (non-hydrogen) atoms. The lowest BCUT2D eigenvalue weighted by atomic mass is 10.1. The van der Waals surface area contributed by atoms with Gasteiger partial charge in [0, 0.05) is 32.8 Å². The summed E-state index contributed by atoms with van der Waals surface area (Å²) in [5.41, 5.74) is 7.43. The van der Waals surface area contributed by atoms with Crippen LogP contribution in [-0.2, 0) is 4.74 Å². The Morgan fingerprint density at radius 1 is 1.24 bits per heavy atom. The molecule has 0 saturated carbocycles. The molecule has 0 spiro atoms. The Labute approximate surface area is 127 Å². The van der Waals surface area contributed by atoms with E-state index in [0.717, 1.165) is 43.3 Å². The standard InChI is InChI=1S/C16H26N2O3/c1-12(2)9-18(6-7-19-3)10-14(17)13-4-5-15-16(8-13)21-11-20-15/h4-5,8,12,14H,6-7,9-11,17H2,1-3H3. The molecular weight excluding hydrogens is 268 g/mol. The third kappa shape index (κ3) is 4.59. The molecule has 1 heterocycles. The van der Waals surface area contributed by atoms with Crippen LogP contribution in [0.1, 0.15) is 25.5 Å². The van der Waals surface area contributed by atoms with E-state index in [4.69, 9.17) is 19.9 Å². The van der Waals surface area contributed by atoms with Gasteiger partial charge in [-0.3, -0.25) is 4.90 Å². The lowest BCUT2D eigenvalue weighted by Gasteiger charge is -2.27. The summed E-state index contributed by atoms with van der Waals surface area (Å²) in [5, 5.41) is 0. The first kappa shape index (κ1) is 16.1. The molecule has 5 nitrogen and oxygen atoms in total. The van der Waals surface area contributed by atoms with Crippen molar-refractivity contribution in [1.82, 2.24) is 4.90 Å². The monoisotopic (exact) mass is 294 g/mol. The van der Waals surface area contributed by atoms with E-state index in [1.165, 1.54) is 0 Å². The lowest BCUT2D eigenvalue weighted by molar-refractivity contribution is 0.136. The zero-order valence-electron chi connectivity index (χ0n) is 13.2. The number of hydrogen-bond donors (Lipinski definition) is 1. The molecule has 1 aliphatic heterocycles. The van der Waals surface area contributed by atoms with Crippen molar-refractivity contribution < 1.29 is 14.2 Å². The Morgan fingerprint density at radius 2 is 2.00 bits per heavy atom. The maximum Gasteiger partial charge on any atom is 0.231 e. The summed E-state index contributed by atoms with van der Waals surface area (Å²) in [6, 6.07) is 5.88. The summed E-state index contributed by atoms with van der Waals surface area (Å²) >= 11 is 0. The van der Waals surface area contributed by atoms with Crippen molar-refractivity contribution in [3.8, 4) is 11.5 Å². The van der Waals surface area contributed by atoms with Crippen LogP contribution in [0.15, 0.2) is 18.2 Å². The van der Waals surface area contributed by atoms with Crippen molar-refractivity contribution in [3.63, 3.8) is 0 Å². The summed E-state index contributed by atoms with van der Waals surface area (Å²) < 4.78 is 15.9. The van der Waals surface area contributed by atoms with E-state index < -0.39 is 0 Å². The molecule has 118 valence electrons. The fraction of sp³-hybridized carbons (Fsp3) is 0.625. The van der Waals surface area contributed by atoms with Gasteiger partial charge in [-0.2, -0.15) is 0 Å². The molecule has 0 radical (unpaired) electrons. The lowest BCUT2D eigenvalue weighted by Crippen LogP contribution is -2.37. The van der Waals surface area contributed by atoms with Crippen LogP contribution in [0.2, 0.25) is 0 Å². The van der Waals surface area contributed by atoms with Gasteiger partial charge < -0.3 is 19.9 Å². The third-order valence-corrected chi connectivity index (χ3v) is 3.51. The summed E-state index contributed by atoms with van der Waals surface area (Å²) in [7, 11) is 1.73. The number of rotatable bonds is 8. The first-order valence-corrected chi connectivity index (χ1v) is 7.46. The Hall–Kier alpha value is -1.30. The smallest absolute Gasteiger partial charge is 0.231 e. The van der Waals surface area contributed by atoms with E-state index in [9.17, 15) is 0 Å². The predicted molar refractivity (Wildman–Crippen MR) is 82.6 cm³/mol. The second-order valence-electron chi connectivity index (χ2n) is 5.87. The maximum absolute atomic E-state index is 6.36. The van der Waals surface area contributed by atoms with Crippen LogP contribution in [0.4, 0.5) is 0 Å². The first-order chi connectivity index (χ1) is 10.1. The topological polar surface area (TPSA) is 57.0 Å². The first-order valence-electron chi connectivity index (χ1n) is 7.46. The van der Waals surface area contributed by atoms with Crippen LogP contribution in [-0.4, -0.2) is 45.0 Å². The quantitative estimate of drug-likeness (QED) is 0.795. The van der Waals surface area contributed by atoms with Crippen molar-refractivity contribution in [1.29, 1.82) is 0 Å². The molecule has 0 aromatic heterocycles. The molecule has 1 aromatic carbocycles. The van der Waals surface area contributed by atoms with Crippen LogP contribution in [0, 0.1) is 5.92 Å². The van der Waals surface area contributed by atoms with Gasteiger partial charge in [0.15, 0.2) is 11.5 Å². The Bertz CT molecular complexity index is 451. The van der Waals surface area contributed by atoms with E-state index in [1.54, 1.807) is 7.11 Å². The molecule has 0 bridgehead atoms. The predicted octanol–water partition coefficient (Wildman–Crippen LogP) is 2.02. The third-order valence-electron chi connectivity index (χ3n) is 3.51. The number of benzene rings is 1. The Kier molecular flexibility index (Phi) is 5.85. The van der Waals surface area contributed by atoms with Gasteiger partial charge in [0.2, 0.25) is 6.79 Å². The van der Waals surface area contributed by atoms with Gasteiger partial charge in [-0.15, -0.1) is 0 Å². The zero-order valence-corrected chi connectivity index (χ0v) is 13.2. The van der Waals surface area contributed by atoms with Crippen LogP contribution in [0.5, 0.6) is 11.5 Å². The fourth-order valence-electron chi connectivity index (χ4n) is 2.52. The average molecular weight is 294 g/mol. The number of hydrogen-bond acceptors (Lipinski definition) is 5. The van der Waals surface area contributed by atoms with Crippen molar-refractivity contribution in [2.75, 3.05) is 40.1 Å². The van der Waals surface area contributed by atoms with E-state index in [0.29, 0.717) is 12.7 Å². The van der Waals surface area contributed by atoms with E-state index >= 15 is 0 Å². The van der Waals surface area contributed by atoms with Gasteiger partial charge in [-0.25, -0.2) is 0 Å². The highest BCUT2D eigenvalue weighted by atomic mass is 16.7. The second kappa shape index (κ2) is 7.64. The summed E-state index contributed by atoms with van der Waals surface area (Å²) in [6.07, 6.45) is 0. The average Bonchev–Trinajstić information content (AvgIpc) is 2.91. The van der Waals surface area contributed by atoms with Crippen molar-refractivity contribution in [2.45, 2.75) is 19.9 Å². The van der Waals surface area contributed by atoms with Gasteiger partial charge in [0.05, 0.1) is 6.61 Å². The number of fused-ring (bicyclic) bond motifs is 1. The Balaban J connectivity index is 1.98. The maximum atomic E-state index is 6.36. The molecule has 0 saturated heterocycles. The van der Waals surface area contributed by atoms with E-state index in [1.807, 2.05) is 18.2 Å². The molecule has 1 aliphatic rings. The van der Waals surface area contributed by atoms with Crippen LogP contribution in [0.25, 0.3) is 0 Å². The molecule has 1 atom stereocenters. The molecular formula is C16H26N2O3. The highest BCUT2D eigenvalue weighted by Crippen LogP contribution is 2.33. The largest absolute Gasteiger partial charge is 0.454 e. The van der Waals surface area contributed by atoms with Crippen LogP contribution in [0.3, 0.4) is 0 Å². The summed E-state index contributed by atoms with van der Waals surface area (Å²) in [5.74, 6) is 2.19. The molecule has 2 N–H and O–H groups in total. The van der Waals surface area contributed by atoms with Crippen LogP contribution >= 0.6 is 0 Å². The van der Waals surface area contributed by atoms with Gasteiger partial charge in [0.25, 0.3) is 0 Å². The molecule has 2 rings (SSSR count). The van der Waals surface area contributed by atoms with Crippen molar-refractivity contribution in [2.24, 2.45) is 11.7 Å². The van der Waals surface area contributed by atoms with E-state index in [2.05, 4.69) is 18.7 Å². The molecule has 0 fully saturated rings. The van der Waals surface area contributed by atoms with Gasteiger partial charge >= 0.3 is 0 Å². The zero-order chi connectivity index (χ0) is 15.2. The fourth-order valence-corrected chi connectivity index (χ4v) is 2.52. The summed E-state index contributed by atoms with van der Waals surface area (Å²) in [4.78, 5) is 2.35. The molecule has 1 aromatic rings. The molecule has 1 unspecified atom stereocenters. The summed E-state index contributed by atoms with van der Waals surface area (Å²) in [6.45, 7) is 8.16. The minimum absolute atomic E-state index is 0.0462. The number of nitrogens with zero attached hydrogens (tertiary/aromatic N) is 1.